The molecule has 30 heavy (non-hydrogen) atoms. The zero-order valence-electron chi connectivity index (χ0n) is 18.7. The van der Waals surface area contributed by atoms with E-state index in [1.807, 2.05) is 30.3 Å². The average molecular weight is 444 g/mol. The summed E-state index contributed by atoms with van der Waals surface area (Å²) >= 11 is 7.23. The van der Waals surface area contributed by atoms with Crippen LogP contribution in [0.4, 0.5) is 10.1 Å². The van der Waals surface area contributed by atoms with E-state index in [9.17, 15) is 9.18 Å². The van der Waals surface area contributed by atoms with Gasteiger partial charge in [-0.25, -0.2) is 4.39 Å². The lowest BCUT2D eigenvalue weighted by molar-refractivity contribution is -0.113. The van der Waals surface area contributed by atoms with Crippen molar-refractivity contribution in [1.82, 2.24) is 0 Å². The lowest BCUT2D eigenvalue weighted by atomic mass is 10.1. The molecule has 0 aromatic heterocycles. The first-order valence-corrected chi connectivity index (χ1v) is 13.3. The molecule has 0 N–H and O–H groups in total. The van der Waals surface area contributed by atoms with Crippen LogP contribution in [0.5, 0.6) is 0 Å². The number of benzene rings is 2. The molecule has 2 aromatic rings. The van der Waals surface area contributed by atoms with Crippen LogP contribution in [0.2, 0.25) is 16.6 Å². The van der Waals surface area contributed by atoms with Crippen molar-refractivity contribution in [2.75, 3.05) is 4.90 Å². The van der Waals surface area contributed by atoms with E-state index in [2.05, 4.69) is 41.5 Å². The topological polar surface area (TPSA) is 20.3 Å². The Morgan fingerprint density at radius 2 is 1.53 bits per heavy atom. The van der Waals surface area contributed by atoms with Gasteiger partial charge in [0.2, 0.25) is 0 Å². The summed E-state index contributed by atoms with van der Waals surface area (Å²) in [7, 11) is -2.24. The Hall–Kier alpha value is -1.91. The average Bonchev–Trinajstić information content (AvgIpc) is 2.93. The van der Waals surface area contributed by atoms with Gasteiger partial charge in [-0.1, -0.05) is 83.5 Å². The molecular formula is C25H31ClFNOSi. The number of hydrogen-bond donors (Lipinski definition) is 0. The molecule has 2 aromatic carbocycles. The fraction of sp³-hybridized carbons (Fsp3) is 0.400. The van der Waals surface area contributed by atoms with Crippen LogP contribution in [-0.4, -0.2) is 14.0 Å². The highest BCUT2D eigenvalue weighted by atomic mass is 35.5. The molecule has 1 heterocycles. The maximum atomic E-state index is 14.2. The van der Waals surface area contributed by atoms with Gasteiger partial charge in [-0.2, -0.15) is 0 Å². The Labute approximate surface area is 185 Å². The smallest absolute Gasteiger partial charge is 0.260 e. The van der Waals surface area contributed by atoms with Gasteiger partial charge in [0.25, 0.3) is 5.91 Å². The van der Waals surface area contributed by atoms with Gasteiger partial charge in [0.05, 0.1) is 17.8 Å². The summed E-state index contributed by atoms with van der Waals surface area (Å²) in [5, 5.41) is 0. The molecule has 0 radical (unpaired) electrons. The Morgan fingerprint density at radius 3 is 2.07 bits per heavy atom. The molecule has 160 valence electrons. The van der Waals surface area contributed by atoms with Crippen molar-refractivity contribution in [2.24, 2.45) is 0 Å². The van der Waals surface area contributed by atoms with Gasteiger partial charge in [-0.15, -0.1) is 0 Å². The molecule has 0 spiro atoms. The Morgan fingerprint density at radius 1 is 0.967 bits per heavy atom. The molecule has 5 heteroatoms. The van der Waals surface area contributed by atoms with Gasteiger partial charge in [0, 0.05) is 10.2 Å². The number of carbonyl (C=O) groups excluding carboxylic acids is 1. The van der Waals surface area contributed by atoms with Gasteiger partial charge < -0.3 is 4.90 Å². The summed E-state index contributed by atoms with van der Waals surface area (Å²) < 4.78 is 14.9. The third kappa shape index (κ3) is 3.65. The van der Waals surface area contributed by atoms with Crippen LogP contribution in [0.15, 0.2) is 53.2 Å². The molecule has 1 amide bonds. The number of rotatable bonds is 6. The van der Waals surface area contributed by atoms with E-state index in [-0.39, 0.29) is 11.7 Å². The first kappa shape index (κ1) is 22.8. The summed E-state index contributed by atoms with van der Waals surface area (Å²) in [5.74, 6) is -0.472. The molecule has 0 unspecified atom stereocenters. The highest BCUT2D eigenvalue weighted by molar-refractivity contribution is 6.98. The van der Waals surface area contributed by atoms with E-state index in [0.717, 1.165) is 15.8 Å². The number of halogens is 2. The van der Waals surface area contributed by atoms with Crippen LogP contribution in [0, 0.1) is 5.82 Å². The van der Waals surface area contributed by atoms with Crippen molar-refractivity contribution in [2.45, 2.75) is 64.7 Å². The molecule has 2 nitrogen and oxygen atoms in total. The van der Waals surface area contributed by atoms with E-state index in [0.29, 0.717) is 34.4 Å². The molecule has 0 saturated heterocycles. The van der Waals surface area contributed by atoms with Gasteiger partial charge in [0.1, 0.15) is 13.9 Å². The summed E-state index contributed by atoms with van der Waals surface area (Å²) in [6, 6.07) is 14.4. The number of hydrogen-bond acceptors (Lipinski definition) is 1. The second kappa shape index (κ2) is 8.68. The quantitative estimate of drug-likeness (QED) is 0.333. The van der Waals surface area contributed by atoms with E-state index in [1.165, 1.54) is 12.1 Å². The van der Waals surface area contributed by atoms with E-state index < -0.39 is 8.07 Å². The number of fused-ring (bicyclic) bond motifs is 1. The van der Waals surface area contributed by atoms with Crippen molar-refractivity contribution in [1.29, 1.82) is 0 Å². The number of anilines is 1. The van der Waals surface area contributed by atoms with Crippen molar-refractivity contribution in [3.8, 4) is 0 Å². The van der Waals surface area contributed by atoms with Gasteiger partial charge in [-0.05, 0) is 40.4 Å². The first-order valence-electron chi connectivity index (χ1n) is 10.7. The molecule has 3 rings (SSSR count). The van der Waals surface area contributed by atoms with Crippen LogP contribution in [-0.2, 0) is 11.3 Å². The van der Waals surface area contributed by atoms with Crippen molar-refractivity contribution >= 4 is 36.8 Å². The molecule has 0 saturated carbocycles. The van der Waals surface area contributed by atoms with Gasteiger partial charge >= 0.3 is 0 Å². The maximum Gasteiger partial charge on any atom is 0.260 e. The lowest BCUT2D eigenvalue weighted by Crippen LogP contribution is -2.46. The van der Waals surface area contributed by atoms with Crippen LogP contribution in [0.3, 0.4) is 0 Å². The first-order chi connectivity index (χ1) is 14.1. The molecule has 0 fully saturated rings. The van der Waals surface area contributed by atoms with Crippen LogP contribution in [0.25, 0.3) is 5.57 Å². The molecule has 1 aliphatic heterocycles. The van der Waals surface area contributed by atoms with Crippen LogP contribution in [0.1, 0.15) is 52.7 Å². The minimum atomic E-state index is -2.24. The monoisotopic (exact) mass is 443 g/mol. The highest BCUT2D eigenvalue weighted by Crippen LogP contribution is 2.52. The predicted molar refractivity (Wildman–Crippen MR) is 128 cm³/mol. The largest absolute Gasteiger partial charge is 0.303 e. The second-order valence-electron chi connectivity index (χ2n) is 9.12. The Balaban J connectivity index is 2.23. The third-order valence-electron chi connectivity index (χ3n) is 6.63. The predicted octanol–water partition coefficient (Wildman–Crippen LogP) is 7.54. The van der Waals surface area contributed by atoms with E-state index in [4.69, 9.17) is 11.6 Å². The van der Waals surface area contributed by atoms with Gasteiger partial charge in [-0.3, -0.25) is 4.79 Å². The van der Waals surface area contributed by atoms with Crippen LogP contribution < -0.4 is 4.90 Å². The minimum absolute atomic E-state index is 0.122. The normalized spacial score (nSPS) is 16.1. The molecule has 0 atom stereocenters. The maximum absolute atomic E-state index is 14.2. The summed E-state index contributed by atoms with van der Waals surface area (Å²) in [4.78, 5) is 15.4. The van der Waals surface area contributed by atoms with Crippen LogP contribution >= 0.6 is 11.6 Å². The zero-order valence-corrected chi connectivity index (χ0v) is 20.4. The molecular weight excluding hydrogens is 413 g/mol. The van der Waals surface area contributed by atoms with E-state index in [1.54, 1.807) is 11.0 Å². The van der Waals surface area contributed by atoms with Gasteiger partial charge in [0.15, 0.2) is 0 Å². The summed E-state index contributed by atoms with van der Waals surface area (Å²) in [6.07, 6.45) is 0. The Kier molecular flexibility index (Phi) is 6.59. The fourth-order valence-electron chi connectivity index (χ4n) is 5.41. The third-order valence-corrected chi connectivity index (χ3v) is 14.5. The number of amides is 1. The summed E-state index contributed by atoms with van der Waals surface area (Å²) in [5.41, 5.74) is 4.05. The number of nitrogens with zero attached hydrogens (tertiary/aromatic N) is 1. The molecule has 0 bridgehead atoms. The van der Waals surface area contributed by atoms with E-state index >= 15 is 0 Å². The SMILES string of the molecule is CC(C)[Si](/C(Cl)=C1\C(=O)N(Cc2ccccc2)c2cc(F)ccc21)(C(C)C)C(C)C. The minimum Gasteiger partial charge on any atom is -0.303 e. The van der Waals surface area contributed by atoms with Crippen molar-refractivity contribution in [3.05, 3.63) is 70.1 Å². The zero-order chi connectivity index (χ0) is 22.2. The molecule has 0 aliphatic carbocycles. The fourth-order valence-corrected chi connectivity index (χ4v) is 13.8. The summed E-state index contributed by atoms with van der Waals surface area (Å²) in [6.45, 7) is 13.7. The highest BCUT2D eigenvalue weighted by Gasteiger charge is 2.49. The molecule has 1 aliphatic rings. The lowest BCUT2D eigenvalue weighted by Gasteiger charge is -2.43. The second-order valence-corrected chi connectivity index (χ2v) is 15.6. The van der Waals surface area contributed by atoms with Crippen molar-refractivity contribution < 1.29 is 9.18 Å². The standard InChI is InChI=1S/C25H31ClFNOSi/c1-16(2)30(17(3)4,18(5)6)24(26)23-21-13-12-20(27)14-22(21)28(25(23)29)15-19-10-8-7-9-11-19/h7-14,16-18H,15H2,1-6H3/b24-23-. The Bertz CT molecular complexity index is 947. The number of carbonyl (C=O) groups is 1. The van der Waals surface area contributed by atoms with Crippen molar-refractivity contribution in [3.63, 3.8) is 0 Å².